The van der Waals surface area contributed by atoms with Crippen LogP contribution in [0.1, 0.15) is 39.5 Å². The molecule has 0 aromatic carbocycles. The van der Waals surface area contributed by atoms with Crippen molar-refractivity contribution in [1.29, 1.82) is 0 Å². The SMILES string of the molecule is CCCCC(CC)[SiH](O)[SiH3]. The minimum absolute atomic E-state index is 0.728. The maximum atomic E-state index is 9.44. The summed E-state index contributed by atoms with van der Waals surface area (Å²) in [6, 6.07) is 0. The molecule has 0 bridgehead atoms. The lowest BCUT2D eigenvalue weighted by atomic mass is 10.2. The van der Waals surface area contributed by atoms with Crippen molar-refractivity contribution < 1.29 is 4.80 Å². The zero-order valence-corrected chi connectivity index (χ0v) is 10.6. The Bertz CT molecular complexity index is 76.0. The third-order valence-electron chi connectivity index (χ3n) is 2.14. The molecular formula is C7H20OSi2. The Balaban J connectivity index is 3.40. The Morgan fingerprint density at radius 2 is 2.10 bits per heavy atom. The Morgan fingerprint density at radius 1 is 1.50 bits per heavy atom. The number of rotatable bonds is 5. The molecule has 0 aliphatic heterocycles. The van der Waals surface area contributed by atoms with Crippen LogP contribution in [0.2, 0.25) is 5.54 Å². The van der Waals surface area contributed by atoms with Gasteiger partial charge in [-0.25, -0.2) is 0 Å². The van der Waals surface area contributed by atoms with Gasteiger partial charge < -0.3 is 4.80 Å². The summed E-state index contributed by atoms with van der Waals surface area (Å²) in [5.41, 5.74) is 0.728. The molecule has 2 atom stereocenters. The summed E-state index contributed by atoms with van der Waals surface area (Å²) >= 11 is 0. The highest BCUT2D eigenvalue weighted by Gasteiger charge is 2.12. The van der Waals surface area contributed by atoms with Crippen LogP contribution < -0.4 is 0 Å². The minimum atomic E-state index is -1.18. The fourth-order valence-corrected chi connectivity index (χ4v) is 5.07. The average molecular weight is 176 g/mol. The topological polar surface area (TPSA) is 20.2 Å². The van der Waals surface area contributed by atoms with Crippen LogP contribution in [0.15, 0.2) is 0 Å². The standard InChI is InChI=1S/C7H20OSi2/c1-3-5-6-7(4-2)10(8)9/h7-8,10H,3-6H2,1-2,9H3. The van der Waals surface area contributed by atoms with Crippen molar-refractivity contribution in [3.8, 4) is 0 Å². The summed E-state index contributed by atoms with van der Waals surface area (Å²) in [6.45, 7) is 4.42. The first-order chi connectivity index (χ1) is 4.72. The molecule has 0 aromatic heterocycles. The molecule has 0 rings (SSSR count). The molecule has 1 N–H and O–H groups in total. The summed E-state index contributed by atoms with van der Waals surface area (Å²) in [6.07, 6.45) is 5.07. The molecule has 62 valence electrons. The minimum Gasteiger partial charge on any atom is -0.438 e. The van der Waals surface area contributed by atoms with Crippen LogP contribution in [0.3, 0.4) is 0 Å². The highest BCUT2D eigenvalue weighted by molar-refractivity contribution is 6.99. The number of unbranched alkanes of at least 4 members (excludes halogenated alkanes) is 1. The van der Waals surface area contributed by atoms with Crippen molar-refractivity contribution in [2.45, 2.75) is 45.1 Å². The molecular weight excluding hydrogens is 156 g/mol. The number of hydrogen-bond donors (Lipinski definition) is 1. The molecule has 0 aliphatic rings. The average Bonchev–Trinajstić information content (AvgIpc) is 1.89. The third-order valence-corrected chi connectivity index (χ3v) is 7.13. The first-order valence-electron chi connectivity index (χ1n) is 4.40. The second-order valence-corrected chi connectivity index (χ2v) is 9.02. The van der Waals surface area contributed by atoms with E-state index in [0.29, 0.717) is 0 Å². The van der Waals surface area contributed by atoms with E-state index in [2.05, 4.69) is 13.8 Å². The van der Waals surface area contributed by atoms with Crippen LogP contribution in [0.5, 0.6) is 0 Å². The summed E-state index contributed by atoms with van der Waals surface area (Å²) < 4.78 is 0. The van der Waals surface area contributed by atoms with Gasteiger partial charge in [0.2, 0.25) is 0 Å². The maximum Gasteiger partial charge on any atom is 0.152 e. The molecule has 2 unspecified atom stereocenters. The highest BCUT2D eigenvalue weighted by atomic mass is 29.2. The van der Waals surface area contributed by atoms with Crippen molar-refractivity contribution in [3.63, 3.8) is 0 Å². The maximum absolute atomic E-state index is 9.44. The van der Waals surface area contributed by atoms with Gasteiger partial charge in [-0.15, -0.1) is 0 Å². The Morgan fingerprint density at radius 3 is 2.40 bits per heavy atom. The van der Waals surface area contributed by atoms with Gasteiger partial charge in [0.1, 0.15) is 0 Å². The first kappa shape index (κ1) is 10.4. The van der Waals surface area contributed by atoms with Crippen LogP contribution in [-0.2, 0) is 0 Å². The van der Waals surface area contributed by atoms with E-state index in [9.17, 15) is 4.80 Å². The van der Waals surface area contributed by atoms with E-state index in [1.807, 2.05) is 0 Å². The van der Waals surface area contributed by atoms with Crippen molar-refractivity contribution in [1.82, 2.24) is 0 Å². The summed E-state index contributed by atoms with van der Waals surface area (Å²) in [4.78, 5) is 9.44. The van der Waals surface area contributed by atoms with Gasteiger partial charge in [-0.1, -0.05) is 39.5 Å². The molecule has 0 amide bonds. The molecule has 0 saturated carbocycles. The molecule has 3 heteroatoms. The zero-order valence-electron chi connectivity index (χ0n) is 7.43. The summed E-state index contributed by atoms with van der Waals surface area (Å²) in [7, 11) is -0.105. The highest BCUT2D eigenvalue weighted by Crippen LogP contribution is 2.19. The van der Waals surface area contributed by atoms with E-state index >= 15 is 0 Å². The summed E-state index contributed by atoms with van der Waals surface area (Å²) in [5, 5.41) is 0. The quantitative estimate of drug-likeness (QED) is 0.606. The monoisotopic (exact) mass is 176 g/mol. The third kappa shape index (κ3) is 4.25. The van der Waals surface area contributed by atoms with Crippen LogP contribution in [0.25, 0.3) is 0 Å². The lowest BCUT2D eigenvalue weighted by molar-refractivity contribution is 0.535. The lowest BCUT2D eigenvalue weighted by Crippen LogP contribution is -2.20. The van der Waals surface area contributed by atoms with Crippen LogP contribution >= 0.6 is 0 Å². The molecule has 0 spiro atoms. The van der Waals surface area contributed by atoms with E-state index in [0.717, 1.165) is 15.3 Å². The van der Waals surface area contributed by atoms with E-state index in [-0.39, 0.29) is 0 Å². The van der Waals surface area contributed by atoms with E-state index in [4.69, 9.17) is 0 Å². The second kappa shape index (κ2) is 6.13. The van der Waals surface area contributed by atoms with Gasteiger partial charge in [0.15, 0.2) is 8.56 Å². The molecule has 0 fully saturated rings. The molecule has 10 heavy (non-hydrogen) atoms. The van der Waals surface area contributed by atoms with Gasteiger partial charge in [-0.2, -0.15) is 0 Å². The lowest BCUT2D eigenvalue weighted by Gasteiger charge is -2.15. The second-order valence-electron chi connectivity index (χ2n) is 3.05. The van der Waals surface area contributed by atoms with Crippen LogP contribution in [-0.4, -0.2) is 23.1 Å². The summed E-state index contributed by atoms with van der Waals surface area (Å²) in [5.74, 6) is 0. The van der Waals surface area contributed by atoms with Crippen LogP contribution in [0, 0.1) is 0 Å². The van der Waals surface area contributed by atoms with Gasteiger partial charge in [-0.05, 0) is 5.54 Å². The zero-order chi connectivity index (χ0) is 7.98. The van der Waals surface area contributed by atoms with Gasteiger partial charge >= 0.3 is 0 Å². The molecule has 0 radical (unpaired) electrons. The molecule has 0 aromatic rings. The molecule has 0 heterocycles. The Labute approximate surface area is 68.8 Å². The van der Waals surface area contributed by atoms with Crippen molar-refractivity contribution in [3.05, 3.63) is 0 Å². The molecule has 0 saturated heterocycles. The van der Waals surface area contributed by atoms with E-state index in [1.54, 1.807) is 0 Å². The van der Waals surface area contributed by atoms with E-state index < -0.39 is 8.56 Å². The van der Waals surface area contributed by atoms with Gasteiger partial charge in [0.05, 0.1) is 0 Å². The van der Waals surface area contributed by atoms with Crippen LogP contribution in [0.4, 0.5) is 0 Å². The predicted octanol–water partition coefficient (Wildman–Crippen LogP) is 0.535. The molecule has 1 nitrogen and oxygen atoms in total. The normalized spacial score (nSPS) is 17.1. The van der Waals surface area contributed by atoms with Gasteiger partial charge in [0.25, 0.3) is 0 Å². The van der Waals surface area contributed by atoms with Gasteiger partial charge in [0, 0.05) is 9.76 Å². The smallest absolute Gasteiger partial charge is 0.152 e. The fourth-order valence-electron chi connectivity index (χ4n) is 1.25. The van der Waals surface area contributed by atoms with Crippen molar-refractivity contribution >= 4 is 18.3 Å². The molecule has 0 aliphatic carbocycles. The van der Waals surface area contributed by atoms with Crippen molar-refractivity contribution in [2.75, 3.05) is 0 Å². The van der Waals surface area contributed by atoms with Crippen molar-refractivity contribution in [2.24, 2.45) is 0 Å². The predicted molar refractivity (Wildman–Crippen MR) is 52.9 cm³/mol. The fraction of sp³-hybridized carbons (Fsp3) is 1.00. The van der Waals surface area contributed by atoms with Gasteiger partial charge in [-0.3, -0.25) is 0 Å². The first-order valence-corrected chi connectivity index (χ1v) is 10.2. The Kier molecular flexibility index (Phi) is 6.37. The Hall–Kier alpha value is 0.394. The number of hydrogen-bond acceptors (Lipinski definition) is 1. The largest absolute Gasteiger partial charge is 0.438 e. The van der Waals surface area contributed by atoms with E-state index in [1.165, 1.54) is 25.7 Å².